The number of anilines is 1. The van der Waals surface area contributed by atoms with Crippen LogP contribution in [-0.2, 0) is 9.59 Å². The maximum Gasteiger partial charge on any atom is 0.248 e. The van der Waals surface area contributed by atoms with E-state index in [0.29, 0.717) is 16.6 Å². The summed E-state index contributed by atoms with van der Waals surface area (Å²) in [7, 11) is 0. The summed E-state index contributed by atoms with van der Waals surface area (Å²) in [6.45, 7) is 1.98. The van der Waals surface area contributed by atoms with Gasteiger partial charge in [0.1, 0.15) is 11.9 Å². The van der Waals surface area contributed by atoms with Gasteiger partial charge in [0.25, 0.3) is 0 Å². The Morgan fingerprint density at radius 2 is 2.33 bits per heavy atom. The fourth-order valence-electron chi connectivity index (χ4n) is 2.82. The average molecular weight is 373 g/mol. The molecule has 112 valence electrons. The van der Waals surface area contributed by atoms with Crippen LogP contribution < -0.4 is 5.32 Å². The molecule has 2 aliphatic heterocycles. The maximum atomic E-state index is 13.8. The van der Waals surface area contributed by atoms with E-state index in [0.717, 1.165) is 6.42 Å². The predicted molar refractivity (Wildman–Crippen MR) is 83.5 cm³/mol. The van der Waals surface area contributed by atoms with Crippen molar-refractivity contribution < 1.29 is 14.0 Å². The molecule has 7 heteroatoms. The van der Waals surface area contributed by atoms with Gasteiger partial charge in [0.05, 0.1) is 10.6 Å². The van der Waals surface area contributed by atoms with Crippen molar-refractivity contribution in [1.29, 1.82) is 0 Å². The summed E-state index contributed by atoms with van der Waals surface area (Å²) in [5.74, 6) is -0.285. The van der Waals surface area contributed by atoms with E-state index in [1.54, 1.807) is 22.7 Å². The van der Waals surface area contributed by atoms with Gasteiger partial charge in [-0.15, -0.1) is 11.8 Å². The third-order valence-electron chi connectivity index (χ3n) is 3.94. The molecule has 2 atom stereocenters. The number of rotatable bonds is 2. The summed E-state index contributed by atoms with van der Waals surface area (Å²) < 4.78 is 14.4. The fourth-order valence-corrected chi connectivity index (χ4v) is 4.59. The SMILES string of the molecule is C[C@@]12CCC(=O)N1[C@@H](C(=O)Nc1ccc(Br)cc1F)CS2. The third-order valence-corrected chi connectivity index (χ3v) is 5.93. The number of amides is 2. The molecule has 21 heavy (non-hydrogen) atoms. The van der Waals surface area contributed by atoms with E-state index >= 15 is 0 Å². The van der Waals surface area contributed by atoms with Gasteiger partial charge in [-0.25, -0.2) is 4.39 Å². The van der Waals surface area contributed by atoms with Crippen LogP contribution in [0, 0.1) is 5.82 Å². The Morgan fingerprint density at radius 3 is 3.05 bits per heavy atom. The monoisotopic (exact) mass is 372 g/mol. The number of nitrogens with zero attached hydrogens (tertiary/aromatic N) is 1. The molecule has 2 amide bonds. The van der Waals surface area contributed by atoms with Crippen LogP contribution in [0.1, 0.15) is 19.8 Å². The van der Waals surface area contributed by atoms with Gasteiger partial charge in [-0.3, -0.25) is 9.59 Å². The summed E-state index contributed by atoms with van der Waals surface area (Å²) in [6.07, 6.45) is 1.23. The van der Waals surface area contributed by atoms with Gasteiger partial charge in [-0.2, -0.15) is 0 Å². The number of fused-ring (bicyclic) bond motifs is 1. The number of benzene rings is 1. The first-order chi connectivity index (χ1) is 9.90. The van der Waals surface area contributed by atoms with Crippen molar-refractivity contribution in [3.05, 3.63) is 28.5 Å². The highest BCUT2D eigenvalue weighted by Gasteiger charge is 2.52. The first kappa shape index (κ1) is 14.8. The van der Waals surface area contributed by atoms with E-state index in [-0.39, 0.29) is 22.4 Å². The molecule has 0 unspecified atom stereocenters. The molecule has 0 spiro atoms. The summed E-state index contributed by atoms with van der Waals surface area (Å²) in [5.41, 5.74) is 0.133. The molecule has 2 heterocycles. The number of carbonyl (C=O) groups is 2. The Bertz CT molecular complexity index is 627. The zero-order chi connectivity index (χ0) is 15.2. The largest absolute Gasteiger partial charge is 0.322 e. The van der Waals surface area contributed by atoms with E-state index < -0.39 is 11.9 Å². The minimum Gasteiger partial charge on any atom is -0.322 e. The molecule has 1 aromatic carbocycles. The second-order valence-corrected chi connectivity index (χ2v) is 7.80. The number of nitrogens with one attached hydrogen (secondary N) is 1. The van der Waals surface area contributed by atoms with Gasteiger partial charge in [0, 0.05) is 16.6 Å². The zero-order valence-corrected chi connectivity index (χ0v) is 13.8. The Morgan fingerprint density at radius 1 is 1.57 bits per heavy atom. The minimum atomic E-state index is -0.530. The molecule has 1 N–H and O–H groups in total. The van der Waals surface area contributed by atoms with Crippen molar-refractivity contribution in [1.82, 2.24) is 4.90 Å². The maximum absolute atomic E-state index is 13.8. The van der Waals surface area contributed by atoms with E-state index in [4.69, 9.17) is 0 Å². The lowest BCUT2D eigenvalue weighted by atomic mass is 10.2. The van der Waals surface area contributed by atoms with Crippen molar-refractivity contribution in [2.75, 3.05) is 11.1 Å². The standard InChI is InChI=1S/C14H14BrFN2O2S/c1-14-5-4-12(19)18(14)11(7-21-14)13(20)17-10-3-2-8(15)6-9(10)16/h2-3,6,11H,4-5,7H2,1H3,(H,17,20)/t11-,14-/m1/s1. The van der Waals surface area contributed by atoms with Gasteiger partial charge in [-0.1, -0.05) is 15.9 Å². The molecule has 2 aliphatic rings. The number of thioether (sulfide) groups is 1. The number of carbonyl (C=O) groups excluding carboxylic acids is 2. The van der Waals surface area contributed by atoms with Crippen LogP contribution >= 0.6 is 27.7 Å². The molecule has 4 nitrogen and oxygen atoms in total. The molecule has 0 aromatic heterocycles. The van der Waals surface area contributed by atoms with E-state index in [1.165, 1.54) is 12.1 Å². The summed E-state index contributed by atoms with van der Waals surface area (Å²) in [5, 5.41) is 2.59. The Balaban J connectivity index is 1.78. The van der Waals surface area contributed by atoms with Crippen molar-refractivity contribution >= 4 is 45.2 Å². The second-order valence-electron chi connectivity index (χ2n) is 5.38. The van der Waals surface area contributed by atoms with Crippen LogP contribution in [0.4, 0.5) is 10.1 Å². The van der Waals surface area contributed by atoms with Crippen LogP contribution in [0.2, 0.25) is 0 Å². The third kappa shape index (κ3) is 2.57. The Kier molecular flexibility index (Phi) is 3.73. The highest BCUT2D eigenvalue weighted by Crippen LogP contribution is 2.47. The lowest BCUT2D eigenvalue weighted by Crippen LogP contribution is -2.48. The van der Waals surface area contributed by atoms with Gasteiger partial charge in [0.15, 0.2) is 0 Å². The summed E-state index contributed by atoms with van der Waals surface area (Å²) in [6, 6.07) is 3.93. The Labute approximate surface area is 134 Å². The second kappa shape index (κ2) is 5.28. The zero-order valence-electron chi connectivity index (χ0n) is 11.4. The minimum absolute atomic E-state index is 0.000993. The molecular formula is C14H14BrFN2O2S. The number of hydrogen-bond acceptors (Lipinski definition) is 3. The highest BCUT2D eigenvalue weighted by atomic mass is 79.9. The van der Waals surface area contributed by atoms with Crippen LogP contribution in [0.3, 0.4) is 0 Å². The van der Waals surface area contributed by atoms with Gasteiger partial charge < -0.3 is 10.2 Å². The molecule has 0 aliphatic carbocycles. The average Bonchev–Trinajstić information content (AvgIpc) is 2.90. The molecule has 0 bridgehead atoms. The smallest absolute Gasteiger partial charge is 0.248 e. The first-order valence-corrected chi connectivity index (χ1v) is 8.41. The van der Waals surface area contributed by atoms with Crippen molar-refractivity contribution in [3.63, 3.8) is 0 Å². The van der Waals surface area contributed by atoms with Crippen LogP contribution in [0.5, 0.6) is 0 Å². The molecule has 0 saturated carbocycles. The predicted octanol–water partition coefficient (Wildman–Crippen LogP) is 2.98. The molecule has 2 saturated heterocycles. The number of hydrogen-bond donors (Lipinski definition) is 1. The summed E-state index contributed by atoms with van der Waals surface area (Å²) in [4.78, 5) is 25.7. The molecule has 3 rings (SSSR count). The van der Waals surface area contributed by atoms with Crippen molar-refractivity contribution in [2.24, 2.45) is 0 Å². The topological polar surface area (TPSA) is 49.4 Å². The van der Waals surface area contributed by atoms with E-state index in [9.17, 15) is 14.0 Å². The van der Waals surface area contributed by atoms with Gasteiger partial charge in [0.2, 0.25) is 11.8 Å². The van der Waals surface area contributed by atoms with Gasteiger partial charge in [-0.05, 0) is 31.5 Å². The van der Waals surface area contributed by atoms with Gasteiger partial charge >= 0.3 is 0 Å². The first-order valence-electron chi connectivity index (χ1n) is 6.63. The van der Waals surface area contributed by atoms with Crippen LogP contribution in [0.25, 0.3) is 0 Å². The number of halogens is 2. The van der Waals surface area contributed by atoms with Crippen molar-refractivity contribution in [3.8, 4) is 0 Å². The van der Waals surface area contributed by atoms with Crippen molar-refractivity contribution in [2.45, 2.75) is 30.7 Å². The lowest BCUT2D eigenvalue weighted by Gasteiger charge is -2.29. The fraction of sp³-hybridized carbons (Fsp3) is 0.429. The normalized spacial score (nSPS) is 27.9. The Hall–Kier alpha value is -1.08. The molecule has 2 fully saturated rings. The summed E-state index contributed by atoms with van der Waals surface area (Å²) >= 11 is 4.79. The molecular weight excluding hydrogens is 359 g/mol. The van der Waals surface area contributed by atoms with E-state index in [1.807, 2.05) is 6.92 Å². The molecule has 1 aromatic rings. The quantitative estimate of drug-likeness (QED) is 0.867. The lowest BCUT2D eigenvalue weighted by molar-refractivity contribution is -0.135. The highest BCUT2D eigenvalue weighted by molar-refractivity contribution is 9.10. The van der Waals surface area contributed by atoms with E-state index in [2.05, 4.69) is 21.2 Å². The van der Waals surface area contributed by atoms with Crippen LogP contribution in [0.15, 0.2) is 22.7 Å². The van der Waals surface area contributed by atoms with Crippen LogP contribution in [-0.4, -0.2) is 33.4 Å². The molecule has 0 radical (unpaired) electrons.